The maximum absolute atomic E-state index is 9.39. The second-order valence-electron chi connectivity index (χ2n) is 2.79. The van der Waals surface area contributed by atoms with E-state index in [4.69, 9.17) is 5.11 Å². The molecule has 0 saturated heterocycles. The molecule has 0 aliphatic heterocycles. The summed E-state index contributed by atoms with van der Waals surface area (Å²) < 4.78 is 0. The molecule has 0 aliphatic rings. The molecule has 0 aromatic rings. The fourth-order valence-electron chi connectivity index (χ4n) is 0.981. The van der Waals surface area contributed by atoms with Gasteiger partial charge in [-0.15, -0.1) is 0 Å². The van der Waals surface area contributed by atoms with Crippen LogP contribution in [-0.2, 0) is 0 Å². The van der Waals surface area contributed by atoms with Crippen LogP contribution in [0.5, 0.6) is 0 Å². The molecule has 0 aliphatic carbocycles. The van der Waals surface area contributed by atoms with Crippen molar-refractivity contribution in [2.75, 3.05) is 6.61 Å². The van der Waals surface area contributed by atoms with Crippen molar-refractivity contribution < 1.29 is 10.2 Å². The fourth-order valence-corrected chi connectivity index (χ4v) is 1.31. The Hall–Kier alpha value is 0.270. The zero-order valence-electron chi connectivity index (χ0n) is 7.03. The Kier molecular flexibility index (Phi) is 7.12. The van der Waals surface area contributed by atoms with Crippen LogP contribution < -0.4 is 0 Å². The molecule has 0 fully saturated rings. The molecule has 0 heterocycles. The second-order valence-corrected chi connectivity index (χ2v) is 3.45. The van der Waals surface area contributed by atoms with Gasteiger partial charge in [-0.05, 0) is 19.3 Å². The van der Waals surface area contributed by atoms with Gasteiger partial charge in [0.05, 0.1) is 6.10 Å². The summed E-state index contributed by atoms with van der Waals surface area (Å²) in [6, 6.07) is 0. The zero-order chi connectivity index (χ0) is 8.69. The lowest BCUT2D eigenvalue weighted by atomic mass is 10.1. The summed E-state index contributed by atoms with van der Waals surface area (Å²) in [6.45, 7) is 2.23. The molecule has 0 bridgehead atoms. The highest BCUT2D eigenvalue weighted by Crippen LogP contribution is 2.13. The lowest BCUT2D eigenvalue weighted by molar-refractivity contribution is 0.153. The third kappa shape index (κ3) is 5.53. The van der Waals surface area contributed by atoms with Gasteiger partial charge < -0.3 is 10.2 Å². The number of hydrogen-bond donors (Lipinski definition) is 3. The van der Waals surface area contributed by atoms with Crippen LogP contribution in [0.15, 0.2) is 0 Å². The van der Waals surface area contributed by atoms with E-state index in [9.17, 15) is 5.11 Å². The van der Waals surface area contributed by atoms with Crippen LogP contribution in [-0.4, -0.2) is 28.2 Å². The van der Waals surface area contributed by atoms with Gasteiger partial charge in [-0.2, -0.15) is 12.6 Å². The van der Waals surface area contributed by atoms with Gasteiger partial charge in [-0.25, -0.2) is 0 Å². The first kappa shape index (κ1) is 11.3. The van der Waals surface area contributed by atoms with Crippen LogP contribution in [0.4, 0.5) is 0 Å². The van der Waals surface area contributed by atoms with Crippen molar-refractivity contribution in [1.82, 2.24) is 0 Å². The van der Waals surface area contributed by atoms with Crippen LogP contribution >= 0.6 is 12.6 Å². The molecule has 0 spiro atoms. The molecule has 2 N–H and O–H groups in total. The Morgan fingerprint density at radius 2 is 2.00 bits per heavy atom. The molecule has 11 heavy (non-hydrogen) atoms. The maximum atomic E-state index is 9.39. The van der Waals surface area contributed by atoms with E-state index in [1.807, 2.05) is 6.92 Å². The monoisotopic (exact) mass is 178 g/mol. The van der Waals surface area contributed by atoms with Crippen LogP contribution in [0, 0.1) is 0 Å². The Bertz CT molecular complexity index is 88.2. The van der Waals surface area contributed by atoms with E-state index in [0.29, 0.717) is 0 Å². The lowest BCUT2D eigenvalue weighted by Gasteiger charge is -2.16. The molecule has 0 radical (unpaired) electrons. The Labute approximate surface area is 74.0 Å². The largest absolute Gasteiger partial charge is 0.396 e. The van der Waals surface area contributed by atoms with Gasteiger partial charge in [-0.3, -0.25) is 0 Å². The van der Waals surface area contributed by atoms with Crippen molar-refractivity contribution in [3.8, 4) is 0 Å². The number of aliphatic hydroxyl groups is 2. The van der Waals surface area contributed by atoms with E-state index < -0.39 is 0 Å². The minimum absolute atomic E-state index is 0.0297. The molecule has 0 aromatic heterocycles. The molecular formula is C8H18O2S. The molecule has 2 unspecified atom stereocenters. The Morgan fingerprint density at radius 1 is 1.36 bits per heavy atom. The van der Waals surface area contributed by atoms with E-state index in [1.165, 1.54) is 0 Å². The lowest BCUT2D eigenvalue weighted by Crippen LogP contribution is -2.20. The van der Waals surface area contributed by atoms with Crippen molar-refractivity contribution in [3.63, 3.8) is 0 Å². The summed E-state index contributed by atoms with van der Waals surface area (Å²) in [5, 5.41) is 17.9. The third-order valence-corrected chi connectivity index (χ3v) is 2.29. The molecule has 0 rings (SSSR count). The number of aliphatic hydroxyl groups excluding tert-OH is 2. The minimum atomic E-state index is -0.310. The minimum Gasteiger partial charge on any atom is -0.396 e. The van der Waals surface area contributed by atoms with Crippen LogP contribution in [0.2, 0.25) is 0 Å². The highest BCUT2D eigenvalue weighted by Gasteiger charge is 2.12. The number of rotatable bonds is 6. The maximum Gasteiger partial charge on any atom is 0.0656 e. The summed E-state index contributed by atoms with van der Waals surface area (Å²) in [6.07, 6.45) is 3.00. The fraction of sp³-hybridized carbons (Fsp3) is 1.00. The molecular weight excluding hydrogens is 160 g/mol. The van der Waals surface area contributed by atoms with Gasteiger partial charge in [0.2, 0.25) is 0 Å². The second kappa shape index (κ2) is 6.95. The van der Waals surface area contributed by atoms with Gasteiger partial charge in [-0.1, -0.05) is 13.3 Å². The first-order chi connectivity index (χ1) is 5.22. The molecule has 2 nitrogen and oxygen atoms in total. The molecule has 68 valence electrons. The third-order valence-electron chi connectivity index (χ3n) is 1.69. The average Bonchev–Trinajstić information content (AvgIpc) is 2.00. The van der Waals surface area contributed by atoms with E-state index in [2.05, 4.69) is 12.6 Å². The first-order valence-corrected chi connectivity index (χ1v) is 4.71. The highest BCUT2D eigenvalue weighted by atomic mass is 32.1. The summed E-state index contributed by atoms with van der Waals surface area (Å²) in [5.41, 5.74) is 0. The van der Waals surface area contributed by atoms with Gasteiger partial charge in [0, 0.05) is 11.9 Å². The van der Waals surface area contributed by atoms with E-state index in [0.717, 1.165) is 25.7 Å². The van der Waals surface area contributed by atoms with E-state index >= 15 is 0 Å². The summed E-state index contributed by atoms with van der Waals surface area (Å²) >= 11 is 4.23. The predicted octanol–water partition coefficient (Wildman–Crippen LogP) is 1.22. The number of thiol groups is 1. The van der Waals surface area contributed by atoms with Crippen LogP contribution in [0.1, 0.15) is 32.6 Å². The standard InChI is InChI=1S/C8H18O2S/c1-2-4-7(10)8(11)5-3-6-9/h7-11H,2-6H2,1H3. The van der Waals surface area contributed by atoms with Crippen LogP contribution in [0.3, 0.4) is 0 Å². The van der Waals surface area contributed by atoms with Crippen molar-refractivity contribution in [1.29, 1.82) is 0 Å². The van der Waals surface area contributed by atoms with E-state index in [1.54, 1.807) is 0 Å². The van der Waals surface area contributed by atoms with Crippen molar-refractivity contribution >= 4 is 12.6 Å². The van der Waals surface area contributed by atoms with Crippen molar-refractivity contribution in [2.45, 2.75) is 44.0 Å². The van der Waals surface area contributed by atoms with Gasteiger partial charge in [0.15, 0.2) is 0 Å². The SMILES string of the molecule is CCCC(O)C(S)CCCO. The highest BCUT2D eigenvalue weighted by molar-refractivity contribution is 7.81. The van der Waals surface area contributed by atoms with Crippen LogP contribution in [0.25, 0.3) is 0 Å². The van der Waals surface area contributed by atoms with Gasteiger partial charge in [0.25, 0.3) is 0 Å². The molecule has 0 saturated carbocycles. The normalized spacial score (nSPS) is 16.4. The molecule has 0 amide bonds. The van der Waals surface area contributed by atoms with Gasteiger partial charge in [0.1, 0.15) is 0 Å². The topological polar surface area (TPSA) is 40.5 Å². The Balaban J connectivity index is 3.38. The molecule has 3 heteroatoms. The van der Waals surface area contributed by atoms with E-state index in [-0.39, 0.29) is 18.0 Å². The molecule has 2 atom stereocenters. The van der Waals surface area contributed by atoms with Crippen molar-refractivity contribution in [3.05, 3.63) is 0 Å². The zero-order valence-corrected chi connectivity index (χ0v) is 7.93. The van der Waals surface area contributed by atoms with Gasteiger partial charge >= 0.3 is 0 Å². The smallest absolute Gasteiger partial charge is 0.0656 e. The number of hydrogen-bond acceptors (Lipinski definition) is 3. The summed E-state index contributed by atoms with van der Waals surface area (Å²) in [4.78, 5) is 0. The first-order valence-electron chi connectivity index (χ1n) is 4.19. The predicted molar refractivity (Wildman–Crippen MR) is 50.0 cm³/mol. The Morgan fingerprint density at radius 3 is 2.45 bits per heavy atom. The van der Waals surface area contributed by atoms with Crippen molar-refractivity contribution in [2.24, 2.45) is 0 Å². The summed E-state index contributed by atoms with van der Waals surface area (Å²) in [5.74, 6) is 0. The average molecular weight is 178 g/mol. The quantitative estimate of drug-likeness (QED) is 0.535. The summed E-state index contributed by atoms with van der Waals surface area (Å²) in [7, 11) is 0. The molecule has 0 aromatic carbocycles.